The van der Waals surface area contributed by atoms with Crippen LogP contribution in [-0.4, -0.2) is 74.7 Å². The Balaban J connectivity index is 2.07. The molecule has 6 N–H and O–H groups in total. The molecule has 0 unspecified atom stereocenters. The van der Waals surface area contributed by atoms with Gasteiger partial charge in [0.1, 0.15) is 39.8 Å². The fourth-order valence-electron chi connectivity index (χ4n) is 3.50. The lowest BCUT2D eigenvalue weighted by atomic mass is 10.1. The van der Waals surface area contributed by atoms with Gasteiger partial charge in [0.15, 0.2) is 5.75 Å². The fraction of sp³-hybridized carbons (Fsp3) is 0.182. The van der Waals surface area contributed by atoms with E-state index in [1.165, 1.54) is 7.11 Å². The zero-order valence-electron chi connectivity index (χ0n) is 22.6. The van der Waals surface area contributed by atoms with E-state index in [2.05, 4.69) is 19.7 Å². The Labute approximate surface area is 258 Å². The summed E-state index contributed by atoms with van der Waals surface area (Å²) in [5.41, 5.74) is -1.71. The molecule has 244 valence electrons. The van der Waals surface area contributed by atoms with E-state index in [9.17, 15) is 54.2 Å². The molecule has 19 nitrogen and oxygen atoms in total. The van der Waals surface area contributed by atoms with Gasteiger partial charge in [-0.2, -0.15) is 25.3 Å². The molecule has 0 saturated heterocycles. The number of nitrogens with one attached hydrogen (secondary N) is 1. The Morgan fingerprint density at radius 3 is 2.16 bits per heavy atom. The summed E-state index contributed by atoms with van der Waals surface area (Å²) in [7, 11) is -13.7. The number of carbonyl (C=O) groups excluding carboxylic acids is 2. The van der Waals surface area contributed by atoms with E-state index in [1.54, 1.807) is 0 Å². The van der Waals surface area contributed by atoms with Crippen LogP contribution in [0.4, 0.5) is 17.1 Å². The number of fused-ring (bicyclic) bond motifs is 1. The SMILES string of the molecule is COc1cc(N=Nc2c(S(=O)(=O)O)cc3cc(S(=O)(=O)O)cc(NC(C)=O)c3c2O)c(O)cc1SOC(=O)CCOS(=O)(=O)O. The van der Waals surface area contributed by atoms with E-state index in [0.29, 0.717) is 18.1 Å². The van der Waals surface area contributed by atoms with Crippen molar-refractivity contribution in [2.24, 2.45) is 10.2 Å². The lowest BCUT2D eigenvalue weighted by molar-refractivity contribution is -0.133. The molecular weight excluding hydrogens is 691 g/mol. The molecule has 0 atom stereocenters. The predicted octanol–water partition coefficient (Wildman–Crippen LogP) is 2.89. The molecule has 0 saturated carbocycles. The van der Waals surface area contributed by atoms with Crippen molar-refractivity contribution < 1.29 is 71.8 Å². The molecule has 1 amide bonds. The van der Waals surface area contributed by atoms with Crippen molar-refractivity contribution in [2.75, 3.05) is 19.0 Å². The van der Waals surface area contributed by atoms with Crippen molar-refractivity contribution in [2.45, 2.75) is 28.0 Å². The second-order valence-corrected chi connectivity index (χ2v) is 13.2. The smallest absolute Gasteiger partial charge is 0.397 e. The van der Waals surface area contributed by atoms with Crippen LogP contribution in [0.1, 0.15) is 13.3 Å². The van der Waals surface area contributed by atoms with Crippen molar-refractivity contribution in [3.05, 3.63) is 30.3 Å². The zero-order valence-corrected chi connectivity index (χ0v) is 25.8. The summed E-state index contributed by atoms with van der Waals surface area (Å²) in [6, 6.07) is 4.24. The van der Waals surface area contributed by atoms with Gasteiger partial charge < -0.3 is 24.4 Å². The molecule has 3 rings (SSSR count). The first kappa shape index (κ1) is 35.4. The number of benzene rings is 3. The number of phenols is 2. The fourth-order valence-corrected chi connectivity index (χ4v) is 5.65. The maximum Gasteiger partial charge on any atom is 0.397 e. The molecule has 3 aromatic carbocycles. The Kier molecular flexibility index (Phi) is 10.6. The summed E-state index contributed by atoms with van der Waals surface area (Å²) in [5, 5.41) is 30.3. The maximum absolute atomic E-state index is 12.2. The van der Waals surface area contributed by atoms with Crippen LogP contribution in [0.2, 0.25) is 0 Å². The molecule has 0 bridgehead atoms. The molecule has 0 aromatic heterocycles. The summed E-state index contributed by atoms with van der Waals surface area (Å²) in [6.07, 6.45) is -0.584. The van der Waals surface area contributed by atoms with Gasteiger partial charge in [-0.1, -0.05) is 0 Å². The van der Waals surface area contributed by atoms with Gasteiger partial charge in [-0.15, -0.1) is 10.2 Å². The number of rotatable bonds is 12. The molecule has 0 heterocycles. The van der Waals surface area contributed by atoms with E-state index in [4.69, 9.17) is 13.5 Å². The van der Waals surface area contributed by atoms with Crippen molar-refractivity contribution in [3.63, 3.8) is 0 Å². The number of phenolic OH excluding ortho intramolecular Hbond substituents is 2. The van der Waals surface area contributed by atoms with E-state index in [1.807, 2.05) is 0 Å². The first-order chi connectivity index (χ1) is 20.7. The average molecular weight is 712 g/mol. The number of hydrogen-bond acceptors (Lipinski definition) is 16. The third kappa shape index (κ3) is 9.21. The Morgan fingerprint density at radius 2 is 1.60 bits per heavy atom. The number of aromatic hydroxyl groups is 2. The van der Waals surface area contributed by atoms with Gasteiger partial charge in [-0.25, -0.2) is 4.18 Å². The molecule has 0 aliphatic carbocycles. The molecule has 45 heavy (non-hydrogen) atoms. The minimum Gasteiger partial charge on any atom is -0.506 e. The Hall–Kier alpha value is -4.10. The number of ether oxygens (including phenoxy) is 1. The van der Waals surface area contributed by atoms with Crippen LogP contribution in [0.5, 0.6) is 17.2 Å². The molecule has 0 aliphatic heterocycles. The van der Waals surface area contributed by atoms with Crippen LogP contribution in [-0.2, 0) is 48.6 Å². The minimum absolute atomic E-state index is 0.0141. The number of azo groups is 1. The normalized spacial score (nSPS) is 12.4. The second-order valence-electron chi connectivity index (χ2n) is 8.50. The lowest BCUT2D eigenvalue weighted by Gasteiger charge is -2.14. The van der Waals surface area contributed by atoms with E-state index in [-0.39, 0.29) is 21.4 Å². The van der Waals surface area contributed by atoms with Crippen molar-refractivity contribution in [3.8, 4) is 17.2 Å². The van der Waals surface area contributed by atoms with E-state index >= 15 is 0 Å². The Bertz CT molecular complexity index is 2050. The van der Waals surface area contributed by atoms with E-state index in [0.717, 1.165) is 31.2 Å². The van der Waals surface area contributed by atoms with Crippen molar-refractivity contribution in [1.29, 1.82) is 0 Å². The largest absolute Gasteiger partial charge is 0.506 e. The molecule has 0 spiro atoms. The predicted molar refractivity (Wildman–Crippen MR) is 152 cm³/mol. The van der Waals surface area contributed by atoms with Gasteiger partial charge >= 0.3 is 16.4 Å². The van der Waals surface area contributed by atoms with Crippen LogP contribution >= 0.6 is 12.0 Å². The summed E-state index contributed by atoms with van der Waals surface area (Å²) >= 11 is 0.372. The van der Waals surface area contributed by atoms with Gasteiger partial charge in [-0.05, 0) is 23.6 Å². The highest BCUT2D eigenvalue weighted by molar-refractivity contribution is 7.95. The molecule has 23 heteroatoms. The highest BCUT2D eigenvalue weighted by Crippen LogP contribution is 2.46. The first-order valence-corrected chi connectivity index (χ1v) is 16.6. The summed E-state index contributed by atoms with van der Waals surface area (Å²) in [5.74, 6) is -3.49. The van der Waals surface area contributed by atoms with Gasteiger partial charge in [-0.3, -0.25) is 23.2 Å². The lowest BCUT2D eigenvalue weighted by Crippen LogP contribution is -2.09. The topological polar surface area (TPSA) is 302 Å². The molecule has 0 aliphatic rings. The van der Waals surface area contributed by atoms with Crippen molar-refractivity contribution >= 4 is 82.4 Å². The number of hydrogen-bond donors (Lipinski definition) is 6. The Morgan fingerprint density at radius 1 is 0.933 bits per heavy atom. The summed E-state index contributed by atoms with van der Waals surface area (Å²) in [4.78, 5) is 21.7. The average Bonchev–Trinajstić information content (AvgIpc) is 2.89. The number of anilines is 1. The number of methoxy groups -OCH3 is 1. The summed E-state index contributed by atoms with van der Waals surface area (Å²) in [6.45, 7) is 0.314. The minimum atomic E-state index is -5.20. The molecule has 3 aromatic rings. The van der Waals surface area contributed by atoms with Crippen LogP contribution < -0.4 is 10.1 Å². The number of nitrogens with zero attached hydrogens (tertiary/aromatic N) is 2. The third-order valence-electron chi connectivity index (χ3n) is 5.29. The van der Waals surface area contributed by atoms with E-state index < -0.39 is 93.9 Å². The number of carbonyl (C=O) groups is 2. The third-order valence-corrected chi connectivity index (χ3v) is 8.22. The second kappa shape index (κ2) is 13.5. The van der Waals surface area contributed by atoms with Gasteiger partial charge in [0.25, 0.3) is 20.2 Å². The highest BCUT2D eigenvalue weighted by atomic mass is 32.3. The van der Waals surface area contributed by atoms with Crippen LogP contribution in [0, 0.1) is 0 Å². The van der Waals surface area contributed by atoms with Crippen molar-refractivity contribution in [1.82, 2.24) is 0 Å². The van der Waals surface area contributed by atoms with Crippen LogP contribution in [0.3, 0.4) is 0 Å². The standard InChI is InChI=1S/C22H21N3O16S4/c1-10(26)23-14-7-12(43(30,31)32)5-11-6-18(44(33,34)35)21(22(29)20(11)14)25-24-13-8-16(39-2)17(9-15(13)27)42-41-19(28)3-4-40-45(36,37)38/h5-9,27,29H,3-4H2,1-2H3,(H,23,26)(H,30,31,32)(H,33,34,35)(H,36,37,38). The number of amides is 1. The summed E-state index contributed by atoms with van der Waals surface area (Å²) < 4.78 is 111. The maximum atomic E-state index is 12.2. The zero-order chi connectivity index (χ0) is 33.9. The first-order valence-electron chi connectivity index (χ1n) is 11.6. The van der Waals surface area contributed by atoms with Gasteiger partial charge in [0.05, 0.1) is 35.6 Å². The quantitative estimate of drug-likeness (QED) is 0.0893. The molecule has 0 fully saturated rings. The monoisotopic (exact) mass is 711 g/mol. The molecular formula is C22H21N3O16S4. The van der Waals surface area contributed by atoms with Gasteiger partial charge in [0.2, 0.25) is 5.91 Å². The molecule has 0 radical (unpaired) electrons. The van der Waals surface area contributed by atoms with Gasteiger partial charge in [0, 0.05) is 24.4 Å². The van der Waals surface area contributed by atoms with Crippen LogP contribution in [0.25, 0.3) is 10.8 Å². The highest BCUT2D eigenvalue weighted by Gasteiger charge is 2.26. The van der Waals surface area contributed by atoms with Crippen LogP contribution in [0.15, 0.2) is 55.2 Å².